The molecule has 0 aliphatic rings. The molecule has 6 heteroatoms. The molecule has 0 bridgehead atoms. The van der Waals surface area contributed by atoms with E-state index in [9.17, 15) is 4.79 Å². The maximum absolute atomic E-state index is 12.1. The zero-order valence-electron chi connectivity index (χ0n) is 10.1. The topological polar surface area (TPSA) is 38.3 Å². The highest BCUT2D eigenvalue weighted by Crippen LogP contribution is 2.32. The van der Waals surface area contributed by atoms with Gasteiger partial charge in [-0.05, 0) is 57.0 Å². The number of carbonyl (C=O) groups is 1. The number of ether oxygens (including phenoxy) is 1. The van der Waals surface area contributed by atoms with Crippen molar-refractivity contribution in [2.24, 2.45) is 0 Å². The lowest BCUT2D eigenvalue weighted by molar-refractivity contribution is 0.102. The SMILES string of the molecule is CCOc1cccc(NC(=O)c2cc(Br)sc2Br)c1. The first-order valence-corrected chi connectivity index (χ1v) is 7.99. The van der Waals surface area contributed by atoms with Crippen LogP contribution < -0.4 is 10.1 Å². The summed E-state index contributed by atoms with van der Waals surface area (Å²) in [5.41, 5.74) is 1.32. The number of hydrogen-bond acceptors (Lipinski definition) is 3. The van der Waals surface area contributed by atoms with Gasteiger partial charge in [0.05, 0.1) is 19.7 Å². The summed E-state index contributed by atoms with van der Waals surface area (Å²) < 4.78 is 7.11. The lowest BCUT2D eigenvalue weighted by atomic mass is 10.2. The lowest BCUT2D eigenvalue weighted by Gasteiger charge is -2.07. The molecule has 1 N–H and O–H groups in total. The van der Waals surface area contributed by atoms with Gasteiger partial charge >= 0.3 is 0 Å². The Morgan fingerprint density at radius 2 is 2.16 bits per heavy atom. The van der Waals surface area contributed by atoms with Gasteiger partial charge in [0, 0.05) is 11.8 Å². The number of rotatable bonds is 4. The van der Waals surface area contributed by atoms with E-state index in [4.69, 9.17) is 4.74 Å². The van der Waals surface area contributed by atoms with Crippen LogP contribution in [0.1, 0.15) is 17.3 Å². The number of benzene rings is 1. The summed E-state index contributed by atoms with van der Waals surface area (Å²) in [7, 11) is 0. The van der Waals surface area contributed by atoms with Crippen LogP contribution in [0.4, 0.5) is 5.69 Å². The molecule has 0 spiro atoms. The fraction of sp³-hybridized carbons (Fsp3) is 0.154. The molecule has 0 saturated carbocycles. The molecule has 1 amide bonds. The van der Waals surface area contributed by atoms with Crippen molar-refractivity contribution in [2.75, 3.05) is 11.9 Å². The fourth-order valence-corrected chi connectivity index (χ4v) is 4.32. The Balaban J connectivity index is 2.14. The van der Waals surface area contributed by atoms with Crippen LogP contribution in [0.15, 0.2) is 37.9 Å². The highest BCUT2D eigenvalue weighted by atomic mass is 79.9. The van der Waals surface area contributed by atoms with Gasteiger partial charge in [0.25, 0.3) is 5.91 Å². The monoisotopic (exact) mass is 403 g/mol. The Labute approximate surface area is 132 Å². The van der Waals surface area contributed by atoms with Crippen molar-refractivity contribution in [3.63, 3.8) is 0 Å². The zero-order chi connectivity index (χ0) is 13.8. The van der Waals surface area contributed by atoms with E-state index in [-0.39, 0.29) is 5.91 Å². The highest BCUT2D eigenvalue weighted by Gasteiger charge is 2.13. The standard InChI is InChI=1S/C13H11Br2NO2S/c1-2-18-9-5-3-4-8(6-9)16-13(17)10-7-11(14)19-12(10)15/h3-7H,2H2,1H3,(H,16,17). The van der Waals surface area contributed by atoms with E-state index >= 15 is 0 Å². The van der Waals surface area contributed by atoms with Crippen molar-refractivity contribution in [2.45, 2.75) is 6.92 Å². The zero-order valence-corrected chi connectivity index (χ0v) is 14.1. The van der Waals surface area contributed by atoms with Gasteiger partial charge in [-0.1, -0.05) is 6.07 Å². The third-order valence-corrected chi connectivity index (χ3v) is 4.64. The van der Waals surface area contributed by atoms with E-state index in [1.54, 1.807) is 12.1 Å². The second kappa shape index (κ2) is 6.54. The van der Waals surface area contributed by atoms with E-state index in [0.717, 1.165) is 13.3 Å². The second-order valence-corrected chi connectivity index (χ2v) is 7.40. The third-order valence-electron chi connectivity index (χ3n) is 2.30. The van der Waals surface area contributed by atoms with Gasteiger partial charge in [0.15, 0.2) is 0 Å². The molecule has 1 heterocycles. The maximum atomic E-state index is 12.1. The van der Waals surface area contributed by atoms with E-state index in [1.807, 2.05) is 25.1 Å². The molecule has 1 aromatic carbocycles. The number of anilines is 1. The highest BCUT2D eigenvalue weighted by molar-refractivity contribution is 9.12. The van der Waals surface area contributed by atoms with Gasteiger partial charge in [-0.3, -0.25) is 4.79 Å². The Bertz CT molecular complexity index is 598. The van der Waals surface area contributed by atoms with Gasteiger partial charge < -0.3 is 10.1 Å². The minimum atomic E-state index is -0.150. The van der Waals surface area contributed by atoms with Gasteiger partial charge in [-0.15, -0.1) is 11.3 Å². The molecule has 3 nitrogen and oxygen atoms in total. The normalized spacial score (nSPS) is 10.3. The van der Waals surface area contributed by atoms with Crippen molar-refractivity contribution < 1.29 is 9.53 Å². The van der Waals surface area contributed by atoms with Crippen molar-refractivity contribution >= 4 is 54.8 Å². The van der Waals surface area contributed by atoms with Gasteiger partial charge in [-0.2, -0.15) is 0 Å². The fourth-order valence-electron chi connectivity index (χ4n) is 1.52. The summed E-state index contributed by atoms with van der Waals surface area (Å²) in [5, 5.41) is 2.85. The van der Waals surface area contributed by atoms with Gasteiger partial charge in [0.1, 0.15) is 5.75 Å². The minimum Gasteiger partial charge on any atom is -0.494 e. The summed E-state index contributed by atoms with van der Waals surface area (Å²) in [4.78, 5) is 12.1. The molecule has 2 aromatic rings. The molecule has 0 unspecified atom stereocenters. The van der Waals surface area contributed by atoms with Crippen molar-refractivity contribution in [1.82, 2.24) is 0 Å². The number of thiophene rings is 1. The summed E-state index contributed by atoms with van der Waals surface area (Å²) in [6.45, 7) is 2.52. The Morgan fingerprint density at radius 1 is 1.37 bits per heavy atom. The quantitative estimate of drug-likeness (QED) is 0.784. The van der Waals surface area contributed by atoms with Crippen molar-refractivity contribution in [3.8, 4) is 5.75 Å². The Morgan fingerprint density at radius 3 is 2.79 bits per heavy atom. The minimum absolute atomic E-state index is 0.150. The molecule has 100 valence electrons. The number of hydrogen-bond donors (Lipinski definition) is 1. The number of halogens is 2. The van der Waals surface area contributed by atoms with Crippen molar-refractivity contribution in [3.05, 3.63) is 43.5 Å². The average Bonchev–Trinajstić information content (AvgIpc) is 2.69. The molecular weight excluding hydrogens is 394 g/mol. The van der Waals surface area contributed by atoms with Crippen molar-refractivity contribution in [1.29, 1.82) is 0 Å². The van der Waals surface area contributed by atoms with Crippen LogP contribution in [-0.4, -0.2) is 12.5 Å². The van der Waals surface area contributed by atoms with E-state index in [1.165, 1.54) is 11.3 Å². The summed E-state index contributed by atoms with van der Waals surface area (Å²) in [5.74, 6) is 0.591. The molecule has 19 heavy (non-hydrogen) atoms. The lowest BCUT2D eigenvalue weighted by Crippen LogP contribution is -2.11. The third kappa shape index (κ3) is 3.81. The van der Waals surface area contributed by atoms with Crippen LogP contribution in [-0.2, 0) is 0 Å². The van der Waals surface area contributed by atoms with Crippen LogP contribution in [0.2, 0.25) is 0 Å². The molecule has 2 rings (SSSR count). The Kier molecular flexibility index (Phi) is 5.01. The van der Waals surface area contributed by atoms with Crippen LogP contribution in [0.3, 0.4) is 0 Å². The first-order valence-electron chi connectivity index (χ1n) is 5.59. The van der Waals surface area contributed by atoms with Gasteiger partial charge in [0.2, 0.25) is 0 Å². The summed E-state index contributed by atoms with van der Waals surface area (Å²) in [6.07, 6.45) is 0. The molecule has 0 aliphatic carbocycles. The molecule has 0 aliphatic heterocycles. The molecule has 0 radical (unpaired) electrons. The van der Waals surface area contributed by atoms with Crippen LogP contribution >= 0.6 is 43.2 Å². The molecule has 1 aromatic heterocycles. The molecule has 0 atom stereocenters. The predicted octanol–water partition coefficient (Wildman–Crippen LogP) is 4.92. The number of amides is 1. The first kappa shape index (κ1) is 14.6. The van der Waals surface area contributed by atoms with E-state index in [2.05, 4.69) is 37.2 Å². The number of nitrogens with one attached hydrogen (secondary N) is 1. The van der Waals surface area contributed by atoms with Crippen LogP contribution in [0, 0.1) is 0 Å². The molecule has 0 fully saturated rings. The smallest absolute Gasteiger partial charge is 0.257 e. The predicted molar refractivity (Wildman–Crippen MR) is 85.3 cm³/mol. The van der Waals surface area contributed by atoms with Crippen LogP contribution in [0.25, 0.3) is 0 Å². The summed E-state index contributed by atoms with van der Waals surface area (Å²) in [6, 6.07) is 9.12. The second-order valence-electron chi connectivity index (χ2n) is 3.65. The average molecular weight is 405 g/mol. The number of carbonyl (C=O) groups excluding carboxylic acids is 1. The molecular formula is C13H11Br2NO2S. The van der Waals surface area contributed by atoms with E-state index < -0.39 is 0 Å². The largest absolute Gasteiger partial charge is 0.494 e. The summed E-state index contributed by atoms with van der Waals surface area (Å²) >= 11 is 8.20. The maximum Gasteiger partial charge on any atom is 0.257 e. The Hall–Kier alpha value is -0.850. The first-order chi connectivity index (χ1) is 9.10. The van der Waals surface area contributed by atoms with Gasteiger partial charge in [-0.25, -0.2) is 0 Å². The van der Waals surface area contributed by atoms with Crippen LogP contribution in [0.5, 0.6) is 5.75 Å². The van der Waals surface area contributed by atoms with E-state index in [0.29, 0.717) is 17.9 Å². The molecule has 0 saturated heterocycles.